The number of hydrogen-bond acceptors (Lipinski definition) is 5. The van der Waals surface area contributed by atoms with Crippen molar-refractivity contribution in [1.29, 1.82) is 0 Å². The van der Waals surface area contributed by atoms with Gasteiger partial charge in [0.15, 0.2) is 11.5 Å². The van der Waals surface area contributed by atoms with E-state index in [9.17, 15) is 4.79 Å². The Hall–Kier alpha value is -2.76. The Morgan fingerprint density at radius 3 is 2.48 bits per heavy atom. The molecule has 6 nitrogen and oxygen atoms in total. The summed E-state index contributed by atoms with van der Waals surface area (Å²) in [7, 11) is 3.21. The van der Waals surface area contributed by atoms with Crippen LogP contribution in [0.5, 0.6) is 11.5 Å². The maximum Gasteiger partial charge on any atom is 0.252 e. The van der Waals surface area contributed by atoms with Crippen molar-refractivity contribution in [2.24, 2.45) is 0 Å². The molecule has 1 heterocycles. The molecular formula is C19H25N3O3. The van der Waals surface area contributed by atoms with Crippen LogP contribution in [-0.4, -0.2) is 37.7 Å². The minimum atomic E-state index is -0.135. The average Bonchev–Trinajstić information content (AvgIpc) is 2.61. The van der Waals surface area contributed by atoms with E-state index in [0.29, 0.717) is 36.1 Å². The van der Waals surface area contributed by atoms with Gasteiger partial charge in [-0.2, -0.15) is 0 Å². The molecular weight excluding hydrogens is 318 g/mol. The van der Waals surface area contributed by atoms with Crippen LogP contribution in [0.25, 0.3) is 0 Å². The number of nitrogens with zero attached hydrogens (tertiary/aromatic N) is 1. The van der Waals surface area contributed by atoms with Gasteiger partial charge in [0, 0.05) is 18.8 Å². The number of carbonyl (C=O) groups excluding carboxylic acids is 1. The Morgan fingerprint density at radius 1 is 1.12 bits per heavy atom. The number of aromatic nitrogens is 1. The number of rotatable bonds is 8. The summed E-state index contributed by atoms with van der Waals surface area (Å²) in [6, 6.07) is 9.61. The molecule has 0 aliphatic carbocycles. The van der Waals surface area contributed by atoms with E-state index in [1.807, 2.05) is 38.1 Å². The fourth-order valence-electron chi connectivity index (χ4n) is 2.37. The number of benzene rings is 1. The zero-order valence-electron chi connectivity index (χ0n) is 15.1. The molecule has 25 heavy (non-hydrogen) atoms. The van der Waals surface area contributed by atoms with E-state index < -0.39 is 0 Å². The summed E-state index contributed by atoms with van der Waals surface area (Å²) < 4.78 is 10.5. The van der Waals surface area contributed by atoms with E-state index >= 15 is 0 Å². The summed E-state index contributed by atoms with van der Waals surface area (Å²) in [5, 5.41) is 6.09. The Bertz CT molecular complexity index is 700. The third kappa shape index (κ3) is 5.38. The largest absolute Gasteiger partial charge is 0.493 e. The molecule has 0 bridgehead atoms. The first-order chi connectivity index (χ1) is 12.0. The van der Waals surface area contributed by atoms with Crippen LogP contribution in [0.3, 0.4) is 0 Å². The van der Waals surface area contributed by atoms with Crippen molar-refractivity contribution < 1.29 is 14.3 Å². The quantitative estimate of drug-likeness (QED) is 0.771. The number of ether oxygens (including phenoxy) is 2. The van der Waals surface area contributed by atoms with Gasteiger partial charge >= 0.3 is 0 Å². The van der Waals surface area contributed by atoms with Crippen molar-refractivity contribution in [2.45, 2.75) is 26.3 Å². The number of pyridine rings is 1. The summed E-state index contributed by atoms with van der Waals surface area (Å²) in [5.41, 5.74) is 1.61. The van der Waals surface area contributed by atoms with Gasteiger partial charge in [0.1, 0.15) is 5.82 Å². The van der Waals surface area contributed by atoms with Crippen molar-refractivity contribution in [3.63, 3.8) is 0 Å². The SMILES string of the molecule is COc1ccc(CCNC(=O)c2ccc(NC(C)C)nc2)cc1OC. The summed E-state index contributed by atoms with van der Waals surface area (Å²) in [4.78, 5) is 16.4. The van der Waals surface area contributed by atoms with E-state index in [0.717, 1.165) is 11.4 Å². The second-order valence-corrected chi connectivity index (χ2v) is 5.93. The molecule has 0 aliphatic rings. The molecule has 2 N–H and O–H groups in total. The first kappa shape index (κ1) is 18.6. The normalized spacial score (nSPS) is 10.4. The van der Waals surface area contributed by atoms with Crippen LogP contribution in [0.15, 0.2) is 36.5 Å². The number of anilines is 1. The molecule has 0 radical (unpaired) electrons. The van der Waals surface area contributed by atoms with Gasteiger partial charge in [-0.25, -0.2) is 4.98 Å². The fraction of sp³-hybridized carbons (Fsp3) is 0.368. The van der Waals surface area contributed by atoms with Crippen LogP contribution in [0.4, 0.5) is 5.82 Å². The van der Waals surface area contributed by atoms with E-state index in [4.69, 9.17) is 9.47 Å². The first-order valence-electron chi connectivity index (χ1n) is 8.25. The molecule has 2 aromatic rings. The maximum atomic E-state index is 12.2. The maximum absolute atomic E-state index is 12.2. The minimum Gasteiger partial charge on any atom is -0.493 e. The molecule has 0 fully saturated rings. The zero-order valence-corrected chi connectivity index (χ0v) is 15.1. The van der Waals surface area contributed by atoms with Gasteiger partial charge in [-0.3, -0.25) is 4.79 Å². The molecule has 1 aromatic heterocycles. The lowest BCUT2D eigenvalue weighted by Crippen LogP contribution is -2.25. The van der Waals surface area contributed by atoms with Crippen molar-refractivity contribution >= 4 is 11.7 Å². The van der Waals surface area contributed by atoms with Crippen LogP contribution in [0.2, 0.25) is 0 Å². The molecule has 0 saturated heterocycles. The number of hydrogen-bond donors (Lipinski definition) is 2. The Morgan fingerprint density at radius 2 is 1.88 bits per heavy atom. The van der Waals surface area contributed by atoms with Gasteiger partial charge in [-0.05, 0) is 50.1 Å². The summed E-state index contributed by atoms with van der Waals surface area (Å²) in [5.74, 6) is 2.00. The third-order valence-electron chi connectivity index (χ3n) is 3.61. The predicted octanol–water partition coefficient (Wildman–Crippen LogP) is 2.89. The molecule has 6 heteroatoms. The first-order valence-corrected chi connectivity index (χ1v) is 8.25. The highest BCUT2D eigenvalue weighted by Gasteiger charge is 2.08. The van der Waals surface area contributed by atoms with Crippen LogP contribution < -0.4 is 20.1 Å². The molecule has 0 unspecified atom stereocenters. The third-order valence-corrected chi connectivity index (χ3v) is 3.61. The monoisotopic (exact) mass is 343 g/mol. The fourth-order valence-corrected chi connectivity index (χ4v) is 2.37. The Labute approximate surface area is 148 Å². The average molecular weight is 343 g/mol. The van der Waals surface area contributed by atoms with Crippen molar-refractivity contribution in [2.75, 3.05) is 26.1 Å². The number of methoxy groups -OCH3 is 2. The van der Waals surface area contributed by atoms with Crippen molar-refractivity contribution in [3.8, 4) is 11.5 Å². The Balaban J connectivity index is 1.88. The minimum absolute atomic E-state index is 0.135. The van der Waals surface area contributed by atoms with Gasteiger partial charge in [0.05, 0.1) is 19.8 Å². The highest BCUT2D eigenvalue weighted by Crippen LogP contribution is 2.27. The van der Waals surface area contributed by atoms with E-state index in [1.165, 1.54) is 0 Å². The van der Waals surface area contributed by atoms with Crippen LogP contribution in [0.1, 0.15) is 29.8 Å². The number of nitrogens with one attached hydrogen (secondary N) is 2. The van der Waals surface area contributed by atoms with Crippen LogP contribution in [-0.2, 0) is 6.42 Å². The van der Waals surface area contributed by atoms with Crippen molar-refractivity contribution in [3.05, 3.63) is 47.7 Å². The highest BCUT2D eigenvalue weighted by molar-refractivity contribution is 5.94. The lowest BCUT2D eigenvalue weighted by atomic mass is 10.1. The van der Waals surface area contributed by atoms with E-state index in [2.05, 4.69) is 15.6 Å². The molecule has 0 saturated carbocycles. The van der Waals surface area contributed by atoms with Gasteiger partial charge < -0.3 is 20.1 Å². The molecule has 0 atom stereocenters. The summed E-state index contributed by atoms with van der Waals surface area (Å²) >= 11 is 0. The zero-order chi connectivity index (χ0) is 18.2. The predicted molar refractivity (Wildman–Crippen MR) is 98.6 cm³/mol. The van der Waals surface area contributed by atoms with E-state index in [-0.39, 0.29) is 5.91 Å². The van der Waals surface area contributed by atoms with Gasteiger partial charge in [0.25, 0.3) is 5.91 Å². The second kappa shape index (κ2) is 8.92. The van der Waals surface area contributed by atoms with Gasteiger partial charge in [-0.1, -0.05) is 6.07 Å². The smallest absolute Gasteiger partial charge is 0.252 e. The second-order valence-electron chi connectivity index (χ2n) is 5.93. The van der Waals surface area contributed by atoms with Crippen molar-refractivity contribution in [1.82, 2.24) is 10.3 Å². The standard InChI is InChI=1S/C19H25N3O3/c1-13(2)22-18-8-6-15(12-21-18)19(23)20-10-9-14-5-7-16(24-3)17(11-14)25-4/h5-8,11-13H,9-10H2,1-4H3,(H,20,23)(H,21,22). The summed E-state index contributed by atoms with van der Waals surface area (Å²) in [6.45, 7) is 4.60. The molecule has 1 aromatic carbocycles. The number of carbonyl (C=O) groups is 1. The van der Waals surface area contributed by atoms with Gasteiger partial charge in [-0.15, -0.1) is 0 Å². The molecule has 0 aliphatic heterocycles. The molecule has 134 valence electrons. The number of amides is 1. The topological polar surface area (TPSA) is 72.5 Å². The lowest BCUT2D eigenvalue weighted by Gasteiger charge is -2.11. The molecule has 2 rings (SSSR count). The molecule has 0 spiro atoms. The van der Waals surface area contributed by atoms with E-state index in [1.54, 1.807) is 26.5 Å². The van der Waals surface area contributed by atoms with Crippen LogP contribution >= 0.6 is 0 Å². The highest BCUT2D eigenvalue weighted by atomic mass is 16.5. The van der Waals surface area contributed by atoms with Crippen LogP contribution in [0, 0.1) is 0 Å². The Kier molecular flexibility index (Phi) is 6.62. The van der Waals surface area contributed by atoms with Gasteiger partial charge in [0.2, 0.25) is 0 Å². The summed E-state index contributed by atoms with van der Waals surface area (Å²) in [6.07, 6.45) is 2.28. The lowest BCUT2D eigenvalue weighted by molar-refractivity contribution is 0.0954. The molecule has 1 amide bonds.